The summed E-state index contributed by atoms with van der Waals surface area (Å²) in [6.07, 6.45) is 3.73. The van der Waals surface area contributed by atoms with Crippen LogP contribution in [-0.2, 0) is 11.3 Å². The third kappa shape index (κ3) is 5.10. The lowest BCUT2D eigenvalue weighted by Crippen LogP contribution is -2.38. The molecule has 1 aliphatic rings. The lowest BCUT2D eigenvalue weighted by Gasteiger charge is -2.31. The van der Waals surface area contributed by atoms with Gasteiger partial charge in [0.05, 0.1) is 11.4 Å². The molecular weight excluding hydrogens is 358 g/mol. The molecule has 2 amide bonds. The molecule has 0 atom stereocenters. The molecule has 2 aromatic rings. The van der Waals surface area contributed by atoms with Gasteiger partial charge in [-0.1, -0.05) is 18.2 Å². The lowest BCUT2D eigenvalue weighted by atomic mass is 10.1. The van der Waals surface area contributed by atoms with Crippen LogP contribution in [-0.4, -0.2) is 43.4 Å². The molecule has 0 saturated carbocycles. The summed E-state index contributed by atoms with van der Waals surface area (Å²) >= 11 is 1.43. The molecule has 0 spiro atoms. The highest BCUT2D eigenvalue weighted by Crippen LogP contribution is 2.25. The first kappa shape index (κ1) is 19.4. The van der Waals surface area contributed by atoms with E-state index in [2.05, 4.69) is 28.4 Å². The van der Waals surface area contributed by atoms with Crippen LogP contribution in [0.5, 0.6) is 0 Å². The van der Waals surface area contributed by atoms with E-state index in [1.54, 1.807) is 18.0 Å². The van der Waals surface area contributed by atoms with E-state index >= 15 is 0 Å². The zero-order chi connectivity index (χ0) is 19.2. The van der Waals surface area contributed by atoms with Gasteiger partial charge < -0.3 is 15.1 Å². The van der Waals surface area contributed by atoms with Crippen molar-refractivity contribution in [2.75, 3.05) is 31.6 Å². The van der Waals surface area contributed by atoms with Crippen LogP contribution in [0, 0.1) is 6.92 Å². The molecule has 1 aromatic heterocycles. The fraction of sp³-hybridized carbons (Fsp3) is 0.429. The van der Waals surface area contributed by atoms with Crippen molar-refractivity contribution in [3.05, 3.63) is 51.7 Å². The number of thiophene rings is 1. The largest absolute Gasteiger partial charge is 0.371 e. The molecule has 2 heterocycles. The van der Waals surface area contributed by atoms with Crippen molar-refractivity contribution < 1.29 is 9.59 Å². The second kappa shape index (κ2) is 9.04. The number of carbonyl (C=O) groups is 2. The second-order valence-electron chi connectivity index (χ2n) is 7.02. The molecule has 1 N–H and O–H groups in total. The summed E-state index contributed by atoms with van der Waals surface area (Å²) in [5.74, 6) is -0.284. The van der Waals surface area contributed by atoms with Crippen molar-refractivity contribution >= 4 is 28.8 Å². The minimum Gasteiger partial charge on any atom is -0.371 e. The number of carbonyl (C=O) groups excluding carboxylic acids is 2. The summed E-state index contributed by atoms with van der Waals surface area (Å²) in [5, 5.41) is 2.73. The summed E-state index contributed by atoms with van der Waals surface area (Å²) in [4.78, 5) is 30.4. The van der Waals surface area contributed by atoms with Crippen LogP contribution in [0.1, 0.15) is 39.4 Å². The number of nitrogens with zero attached hydrogens (tertiary/aromatic N) is 2. The monoisotopic (exact) mass is 385 g/mol. The van der Waals surface area contributed by atoms with Gasteiger partial charge in [0, 0.05) is 37.2 Å². The maximum absolute atomic E-state index is 12.5. The Bertz CT molecular complexity index is 796. The Kier molecular flexibility index (Phi) is 6.50. The fourth-order valence-corrected chi connectivity index (χ4v) is 4.15. The molecule has 1 aliphatic heterocycles. The van der Waals surface area contributed by atoms with Crippen molar-refractivity contribution in [2.24, 2.45) is 0 Å². The van der Waals surface area contributed by atoms with Crippen LogP contribution >= 0.6 is 11.3 Å². The zero-order valence-corrected chi connectivity index (χ0v) is 16.8. The fourth-order valence-electron chi connectivity index (χ4n) is 3.37. The minimum atomic E-state index is -0.191. The quantitative estimate of drug-likeness (QED) is 0.829. The molecule has 5 nitrogen and oxygen atoms in total. The van der Waals surface area contributed by atoms with Crippen LogP contribution in [0.15, 0.2) is 36.4 Å². The van der Waals surface area contributed by atoms with E-state index in [1.165, 1.54) is 36.3 Å². The zero-order valence-electron chi connectivity index (χ0n) is 16.0. The van der Waals surface area contributed by atoms with Gasteiger partial charge in [-0.15, -0.1) is 11.3 Å². The van der Waals surface area contributed by atoms with Gasteiger partial charge in [-0.25, -0.2) is 0 Å². The summed E-state index contributed by atoms with van der Waals surface area (Å²) in [6, 6.07) is 12.0. The number of benzene rings is 1. The Morgan fingerprint density at radius 1 is 1.11 bits per heavy atom. The molecule has 3 rings (SSSR count). The van der Waals surface area contributed by atoms with E-state index in [9.17, 15) is 9.59 Å². The minimum absolute atomic E-state index is 0.0121. The van der Waals surface area contributed by atoms with E-state index in [4.69, 9.17) is 0 Å². The van der Waals surface area contributed by atoms with E-state index in [0.717, 1.165) is 23.5 Å². The van der Waals surface area contributed by atoms with Gasteiger partial charge in [-0.05, 0) is 49.9 Å². The third-order valence-electron chi connectivity index (χ3n) is 4.89. The highest BCUT2D eigenvalue weighted by atomic mass is 32.1. The van der Waals surface area contributed by atoms with E-state index in [0.29, 0.717) is 11.4 Å². The normalized spacial score (nSPS) is 14.1. The predicted molar refractivity (Wildman–Crippen MR) is 110 cm³/mol. The number of aryl methyl sites for hydroxylation is 1. The Morgan fingerprint density at radius 3 is 2.56 bits per heavy atom. The highest BCUT2D eigenvalue weighted by Gasteiger charge is 2.17. The van der Waals surface area contributed by atoms with Gasteiger partial charge in [0.25, 0.3) is 5.91 Å². The Hall–Kier alpha value is -2.34. The van der Waals surface area contributed by atoms with E-state index in [-0.39, 0.29) is 18.4 Å². The summed E-state index contributed by atoms with van der Waals surface area (Å²) in [7, 11) is 1.79. The molecule has 0 aliphatic carbocycles. The average molecular weight is 386 g/mol. The SMILES string of the molecule is Cc1ccc(C(=O)NCC(=O)N(C)Cc2ccccc2N2CCCCC2)s1. The van der Waals surface area contributed by atoms with Gasteiger partial charge in [0.2, 0.25) is 5.91 Å². The molecule has 6 heteroatoms. The van der Waals surface area contributed by atoms with Crippen LogP contribution in [0.4, 0.5) is 5.69 Å². The topological polar surface area (TPSA) is 52.7 Å². The Balaban J connectivity index is 1.57. The van der Waals surface area contributed by atoms with Crippen molar-refractivity contribution in [1.29, 1.82) is 0 Å². The summed E-state index contributed by atoms with van der Waals surface area (Å²) in [6.45, 7) is 4.66. The predicted octanol–water partition coefficient (Wildman–Crippen LogP) is 3.44. The van der Waals surface area contributed by atoms with Crippen LogP contribution in [0.25, 0.3) is 0 Å². The molecule has 1 saturated heterocycles. The van der Waals surface area contributed by atoms with Crippen LogP contribution in [0.3, 0.4) is 0 Å². The number of nitrogens with one attached hydrogen (secondary N) is 1. The van der Waals surface area contributed by atoms with E-state index in [1.807, 2.05) is 19.1 Å². The van der Waals surface area contributed by atoms with Gasteiger partial charge in [0.15, 0.2) is 0 Å². The molecule has 1 fully saturated rings. The first-order valence-corrected chi connectivity index (χ1v) is 10.3. The molecule has 0 bridgehead atoms. The molecule has 0 unspecified atom stereocenters. The van der Waals surface area contributed by atoms with E-state index < -0.39 is 0 Å². The number of rotatable bonds is 6. The number of para-hydroxylation sites is 1. The first-order valence-electron chi connectivity index (χ1n) is 9.46. The van der Waals surface area contributed by atoms with Gasteiger partial charge in [-0.3, -0.25) is 9.59 Å². The van der Waals surface area contributed by atoms with Crippen molar-refractivity contribution in [1.82, 2.24) is 10.2 Å². The lowest BCUT2D eigenvalue weighted by molar-refractivity contribution is -0.129. The Labute approximate surface area is 165 Å². The second-order valence-corrected chi connectivity index (χ2v) is 8.31. The van der Waals surface area contributed by atoms with Gasteiger partial charge >= 0.3 is 0 Å². The van der Waals surface area contributed by atoms with Gasteiger partial charge in [-0.2, -0.15) is 0 Å². The molecule has 27 heavy (non-hydrogen) atoms. The summed E-state index contributed by atoms with van der Waals surface area (Å²) in [5.41, 5.74) is 2.37. The molecule has 144 valence electrons. The smallest absolute Gasteiger partial charge is 0.261 e. The number of piperidine rings is 1. The number of anilines is 1. The van der Waals surface area contributed by atoms with Crippen molar-refractivity contribution in [2.45, 2.75) is 32.7 Å². The highest BCUT2D eigenvalue weighted by molar-refractivity contribution is 7.13. The molecular formula is C21H27N3O2S. The number of hydrogen-bond donors (Lipinski definition) is 1. The van der Waals surface area contributed by atoms with Crippen LogP contribution in [0.2, 0.25) is 0 Å². The number of hydrogen-bond acceptors (Lipinski definition) is 4. The maximum atomic E-state index is 12.5. The van der Waals surface area contributed by atoms with Crippen molar-refractivity contribution in [3.63, 3.8) is 0 Å². The van der Waals surface area contributed by atoms with Crippen LogP contribution < -0.4 is 10.2 Å². The summed E-state index contributed by atoms with van der Waals surface area (Å²) < 4.78 is 0. The molecule has 1 aromatic carbocycles. The third-order valence-corrected chi connectivity index (χ3v) is 5.89. The van der Waals surface area contributed by atoms with Crippen molar-refractivity contribution in [3.8, 4) is 0 Å². The maximum Gasteiger partial charge on any atom is 0.261 e. The average Bonchev–Trinajstić information content (AvgIpc) is 3.13. The number of amides is 2. The molecule has 0 radical (unpaired) electrons. The first-order chi connectivity index (χ1) is 13.0. The van der Waals surface area contributed by atoms with Gasteiger partial charge in [0.1, 0.15) is 0 Å². The number of likely N-dealkylation sites (N-methyl/N-ethyl adjacent to an activating group) is 1. The standard InChI is InChI=1S/C21H27N3O2S/c1-16-10-11-19(27-16)21(26)22-14-20(25)23(2)15-17-8-4-5-9-18(17)24-12-6-3-7-13-24/h4-5,8-11H,3,6-7,12-15H2,1-2H3,(H,22,26). The Morgan fingerprint density at radius 2 is 1.85 bits per heavy atom.